The van der Waals surface area contributed by atoms with E-state index in [4.69, 9.17) is 4.74 Å². The SMILES string of the molecule is CN=C(NCC(=O)NCCOC)N1CCN(c2cccc(C)c2)CC1.I. The Kier molecular flexibility index (Phi) is 10.3. The van der Waals surface area contributed by atoms with Gasteiger partial charge in [-0.3, -0.25) is 9.79 Å². The first-order chi connectivity index (χ1) is 12.1. The largest absolute Gasteiger partial charge is 0.383 e. The summed E-state index contributed by atoms with van der Waals surface area (Å²) in [4.78, 5) is 20.7. The number of halogens is 1. The summed E-state index contributed by atoms with van der Waals surface area (Å²) >= 11 is 0. The second-order valence-electron chi connectivity index (χ2n) is 6.06. The van der Waals surface area contributed by atoms with Crippen LogP contribution >= 0.6 is 24.0 Å². The number of aliphatic imine (C=N–C) groups is 1. The maximum Gasteiger partial charge on any atom is 0.239 e. The summed E-state index contributed by atoms with van der Waals surface area (Å²) < 4.78 is 4.92. The van der Waals surface area contributed by atoms with Crippen LogP contribution in [-0.2, 0) is 9.53 Å². The van der Waals surface area contributed by atoms with Crippen molar-refractivity contribution < 1.29 is 9.53 Å². The zero-order valence-electron chi connectivity index (χ0n) is 15.8. The molecule has 146 valence electrons. The first-order valence-corrected chi connectivity index (χ1v) is 8.67. The van der Waals surface area contributed by atoms with E-state index in [1.807, 2.05) is 0 Å². The number of carbonyl (C=O) groups excluding carboxylic acids is 1. The van der Waals surface area contributed by atoms with Crippen molar-refractivity contribution in [3.63, 3.8) is 0 Å². The summed E-state index contributed by atoms with van der Waals surface area (Å²) in [7, 11) is 3.36. The van der Waals surface area contributed by atoms with Crippen LogP contribution in [0.4, 0.5) is 5.69 Å². The van der Waals surface area contributed by atoms with Gasteiger partial charge in [0.15, 0.2) is 5.96 Å². The molecule has 0 atom stereocenters. The molecule has 7 nitrogen and oxygen atoms in total. The predicted octanol–water partition coefficient (Wildman–Crippen LogP) is 1.07. The zero-order valence-corrected chi connectivity index (χ0v) is 18.2. The molecule has 1 amide bonds. The number of piperazine rings is 1. The number of aryl methyl sites for hydroxylation is 1. The van der Waals surface area contributed by atoms with Crippen molar-refractivity contribution >= 4 is 41.5 Å². The Balaban J connectivity index is 0.00000338. The topological polar surface area (TPSA) is 69.2 Å². The van der Waals surface area contributed by atoms with E-state index in [0.717, 1.165) is 32.1 Å². The molecule has 1 heterocycles. The lowest BCUT2D eigenvalue weighted by molar-refractivity contribution is -0.120. The Bertz CT molecular complexity index is 589. The molecule has 0 aromatic heterocycles. The van der Waals surface area contributed by atoms with Gasteiger partial charge in [-0.2, -0.15) is 0 Å². The Labute approximate surface area is 173 Å². The fourth-order valence-corrected chi connectivity index (χ4v) is 2.85. The molecule has 1 aromatic rings. The summed E-state index contributed by atoms with van der Waals surface area (Å²) in [5.74, 6) is 0.711. The first kappa shape index (κ1) is 22.5. The number of rotatable bonds is 6. The maximum atomic E-state index is 11.8. The number of guanidine groups is 1. The number of ether oxygens (including phenoxy) is 1. The minimum atomic E-state index is -0.0587. The van der Waals surface area contributed by atoms with Crippen molar-refractivity contribution in [2.45, 2.75) is 6.92 Å². The smallest absolute Gasteiger partial charge is 0.239 e. The van der Waals surface area contributed by atoms with E-state index in [1.54, 1.807) is 14.2 Å². The average molecular weight is 475 g/mol. The van der Waals surface area contributed by atoms with Crippen LogP contribution < -0.4 is 15.5 Å². The summed E-state index contributed by atoms with van der Waals surface area (Å²) in [6.07, 6.45) is 0. The van der Waals surface area contributed by atoms with Crippen LogP contribution in [0.5, 0.6) is 0 Å². The third-order valence-corrected chi connectivity index (χ3v) is 4.19. The van der Waals surface area contributed by atoms with Gasteiger partial charge in [-0.05, 0) is 24.6 Å². The van der Waals surface area contributed by atoms with Gasteiger partial charge >= 0.3 is 0 Å². The standard InChI is InChI=1S/C18H29N5O2.HI/c1-15-5-4-6-16(13-15)22-8-10-23(11-9-22)18(19-2)21-14-17(24)20-7-12-25-3;/h4-6,13H,7-12,14H2,1-3H3,(H,19,21)(H,20,24);1H. The van der Waals surface area contributed by atoms with Gasteiger partial charge in [-0.25, -0.2) is 0 Å². The van der Waals surface area contributed by atoms with Crippen molar-refractivity contribution in [1.82, 2.24) is 15.5 Å². The van der Waals surface area contributed by atoms with E-state index < -0.39 is 0 Å². The van der Waals surface area contributed by atoms with E-state index >= 15 is 0 Å². The van der Waals surface area contributed by atoms with Gasteiger partial charge < -0.3 is 25.2 Å². The van der Waals surface area contributed by atoms with Crippen LogP contribution in [0, 0.1) is 6.92 Å². The zero-order chi connectivity index (χ0) is 18.1. The molecule has 26 heavy (non-hydrogen) atoms. The molecule has 0 bridgehead atoms. The van der Waals surface area contributed by atoms with Crippen molar-refractivity contribution in [3.05, 3.63) is 29.8 Å². The minimum absolute atomic E-state index is 0. The molecule has 0 radical (unpaired) electrons. The van der Waals surface area contributed by atoms with Gasteiger partial charge in [-0.1, -0.05) is 12.1 Å². The molecule has 0 spiro atoms. The molecule has 1 aliphatic heterocycles. The van der Waals surface area contributed by atoms with Crippen molar-refractivity contribution in [3.8, 4) is 0 Å². The molecule has 0 unspecified atom stereocenters. The highest BCUT2D eigenvalue weighted by Crippen LogP contribution is 2.17. The second kappa shape index (κ2) is 11.9. The third-order valence-electron chi connectivity index (χ3n) is 4.19. The highest BCUT2D eigenvalue weighted by atomic mass is 127. The van der Waals surface area contributed by atoms with Crippen LogP contribution in [-0.4, -0.2) is 76.8 Å². The number of amides is 1. The van der Waals surface area contributed by atoms with Gasteiger partial charge in [0.05, 0.1) is 13.2 Å². The van der Waals surface area contributed by atoms with Gasteiger partial charge in [0.1, 0.15) is 0 Å². The summed E-state index contributed by atoms with van der Waals surface area (Å²) in [5.41, 5.74) is 2.54. The van der Waals surface area contributed by atoms with Gasteiger partial charge in [0.2, 0.25) is 5.91 Å². The normalized spacial score (nSPS) is 14.7. The molecule has 2 N–H and O–H groups in total. The van der Waals surface area contributed by atoms with Crippen LogP contribution in [0.3, 0.4) is 0 Å². The Hall–Kier alpha value is -1.55. The molecule has 1 aromatic carbocycles. The molecular weight excluding hydrogens is 445 g/mol. The van der Waals surface area contributed by atoms with Crippen LogP contribution in [0.25, 0.3) is 0 Å². The third kappa shape index (κ3) is 6.99. The molecule has 8 heteroatoms. The van der Waals surface area contributed by atoms with E-state index in [1.165, 1.54) is 11.3 Å². The average Bonchev–Trinajstić information content (AvgIpc) is 2.63. The number of benzene rings is 1. The van der Waals surface area contributed by atoms with Crippen LogP contribution in [0.2, 0.25) is 0 Å². The Morgan fingerprint density at radius 1 is 1.23 bits per heavy atom. The molecule has 0 saturated carbocycles. The van der Waals surface area contributed by atoms with E-state index in [-0.39, 0.29) is 36.4 Å². The first-order valence-electron chi connectivity index (χ1n) is 8.67. The van der Waals surface area contributed by atoms with Gasteiger partial charge in [0.25, 0.3) is 0 Å². The molecule has 0 aliphatic carbocycles. The number of nitrogens with one attached hydrogen (secondary N) is 2. The lowest BCUT2D eigenvalue weighted by Crippen LogP contribution is -2.53. The molecular formula is C18H30IN5O2. The molecule has 1 fully saturated rings. The number of anilines is 1. The van der Waals surface area contributed by atoms with Gasteiger partial charge in [-0.15, -0.1) is 24.0 Å². The predicted molar refractivity (Wildman–Crippen MR) is 117 cm³/mol. The van der Waals surface area contributed by atoms with Crippen molar-refractivity contribution in [2.75, 3.05) is 64.9 Å². The Morgan fingerprint density at radius 2 is 1.96 bits per heavy atom. The lowest BCUT2D eigenvalue weighted by Gasteiger charge is -2.37. The van der Waals surface area contributed by atoms with Crippen molar-refractivity contribution in [1.29, 1.82) is 0 Å². The maximum absolute atomic E-state index is 11.8. The number of hydrogen-bond donors (Lipinski definition) is 2. The summed E-state index contributed by atoms with van der Waals surface area (Å²) in [5, 5.41) is 5.93. The molecule has 1 saturated heterocycles. The summed E-state index contributed by atoms with van der Waals surface area (Å²) in [6.45, 7) is 6.98. The van der Waals surface area contributed by atoms with Crippen molar-refractivity contribution in [2.24, 2.45) is 4.99 Å². The highest BCUT2D eigenvalue weighted by Gasteiger charge is 2.20. The lowest BCUT2D eigenvalue weighted by atomic mass is 10.2. The summed E-state index contributed by atoms with van der Waals surface area (Å²) in [6, 6.07) is 8.58. The number of hydrogen-bond acceptors (Lipinski definition) is 4. The minimum Gasteiger partial charge on any atom is -0.383 e. The fourth-order valence-electron chi connectivity index (χ4n) is 2.85. The van der Waals surface area contributed by atoms with Crippen LogP contribution in [0.15, 0.2) is 29.3 Å². The number of carbonyl (C=O) groups is 1. The molecule has 1 aliphatic rings. The van der Waals surface area contributed by atoms with E-state index in [9.17, 15) is 4.79 Å². The fraction of sp³-hybridized carbons (Fsp3) is 0.556. The van der Waals surface area contributed by atoms with E-state index in [0.29, 0.717) is 13.2 Å². The highest BCUT2D eigenvalue weighted by molar-refractivity contribution is 14.0. The Morgan fingerprint density at radius 3 is 2.58 bits per heavy atom. The molecule has 2 rings (SSSR count). The van der Waals surface area contributed by atoms with Gasteiger partial charge in [0, 0.05) is 52.6 Å². The quantitative estimate of drug-likeness (QED) is 0.279. The number of methoxy groups -OCH3 is 1. The van der Waals surface area contributed by atoms with Crippen LogP contribution in [0.1, 0.15) is 5.56 Å². The monoisotopic (exact) mass is 475 g/mol. The number of nitrogens with zero attached hydrogens (tertiary/aromatic N) is 3. The van der Waals surface area contributed by atoms with E-state index in [2.05, 4.69) is 56.6 Å². The second-order valence-corrected chi connectivity index (χ2v) is 6.06.